The van der Waals surface area contributed by atoms with Crippen LogP contribution in [-0.4, -0.2) is 76.0 Å². The average Bonchev–Trinajstić information content (AvgIpc) is 2.87. The van der Waals surface area contributed by atoms with E-state index in [2.05, 4.69) is 10.6 Å². The number of carbonyl (C=O) groups is 1. The summed E-state index contributed by atoms with van der Waals surface area (Å²) in [5.74, 6) is -0.1000. The van der Waals surface area contributed by atoms with Crippen LogP contribution in [0.3, 0.4) is 0 Å². The number of aliphatic hydroxyl groups is 3. The summed E-state index contributed by atoms with van der Waals surface area (Å²) in [6.07, 6.45) is 1.28. The highest BCUT2D eigenvalue weighted by atomic mass is 32.2. The highest BCUT2D eigenvalue weighted by Crippen LogP contribution is 2.30. The molecule has 7 atom stereocenters. The Kier molecular flexibility index (Phi) is 7.97. The van der Waals surface area contributed by atoms with E-state index in [-0.39, 0.29) is 17.9 Å². The predicted molar refractivity (Wildman–Crippen MR) is 97.2 cm³/mol. The number of nitrogens with one attached hydrogen (secondary N) is 2. The van der Waals surface area contributed by atoms with Crippen molar-refractivity contribution in [2.45, 2.75) is 81.5 Å². The third-order valence-corrected chi connectivity index (χ3v) is 5.95. The van der Waals surface area contributed by atoms with Gasteiger partial charge in [-0.1, -0.05) is 26.7 Å². The number of ether oxygens (including phenoxy) is 1. The van der Waals surface area contributed by atoms with Crippen LogP contribution in [-0.2, 0) is 9.53 Å². The van der Waals surface area contributed by atoms with E-state index in [4.69, 9.17) is 4.74 Å². The van der Waals surface area contributed by atoms with Gasteiger partial charge < -0.3 is 30.7 Å². The van der Waals surface area contributed by atoms with Crippen LogP contribution in [0.15, 0.2) is 0 Å². The molecule has 0 saturated carbocycles. The molecule has 2 aliphatic heterocycles. The van der Waals surface area contributed by atoms with Gasteiger partial charge in [-0.3, -0.25) is 4.79 Å². The van der Waals surface area contributed by atoms with Gasteiger partial charge in [-0.05, 0) is 31.6 Å². The lowest BCUT2D eigenvalue weighted by molar-refractivity contribution is -0.208. The highest BCUT2D eigenvalue weighted by molar-refractivity contribution is 7.99. The molecule has 0 radical (unpaired) electrons. The van der Waals surface area contributed by atoms with E-state index < -0.39 is 35.9 Å². The van der Waals surface area contributed by atoms with Crippen LogP contribution >= 0.6 is 11.8 Å². The first-order chi connectivity index (χ1) is 11.9. The molecular formula is C17H32N2O5S. The van der Waals surface area contributed by atoms with Crippen LogP contribution in [0, 0.1) is 5.92 Å². The van der Waals surface area contributed by atoms with Gasteiger partial charge in [0.1, 0.15) is 29.9 Å². The van der Waals surface area contributed by atoms with Gasteiger partial charge in [0.2, 0.25) is 5.91 Å². The molecule has 146 valence electrons. The third-order valence-electron chi connectivity index (χ3n) is 5.10. The zero-order valence-electron chi connectivity index (χ0n) is 15.2. The second kappa shape index (κ2) is 9.53. The van der Waals surface area contributed by atoms with Crippen molar-refractivity contribution in [1.29, 1.82) is 0 Å². The second-order valence-electron chi connectivity index (χ2n) is 7.31. The molecule has 2 heterocycles. The summed E-state index contributed by atoms with van der Waals surface area (Å²) in [4.78, 5) is 12.7. The molecule has 2 rings (SSSR count). The van der Waals surface area contributed by atoms with E-state index in [1.54, 1.807) is 6.26 Å². The van der Waals surface area contributed by atoms with Gasteiger partial charge >= 0.3 is 0 Å². The normalized spacial score (nSPS) is 38.2. The van der Waals surface area contributed by atoms with Crippen LogP contribution in [0.2, 0.25) is 0 Å². The molecule has 0 aromatic heterocycles. The number of hydrogen-bond acceptors (Lipinski definition) is 7. The zero-order chi connectivity index (χ0) is 18.6. The molecule has 0 spiro atoms. The minimum absolute atomic E-state index is 0.000623. The van der Waals surface area contributed by atoms with Crippen molar-refractivity contribution in [3.63, 3.8) is 0 Å². The minimum atomic E-state index is -1.30. The van der Waals surface area contributed by atoms with Gasteiger partial charge in [-0.25, -0.2) is 0 Å². The van der Waals surface area contributed by atoms with Crippen molar-refractivity contribution in [2.24, 2.45) is 5.92 Å². The van der Waals surface area contributed by atoms with Gasteiger partial charge in [-0.15, -0.1) is 11.8 Å². The van der Waals surface area contributed by atoms with Gasteiger partial charge in [0.25, 0.3) is 0 Å². The molecule has 8 heteroatoms. The first-order valence-corrected chi connectivity index (χ1v) is 10.4. The molecule has 7 nitrogen and oxygen atoms in total. The topological polar surface area (TPSA) is 111 Å². The SMILES string of the molecule is CSC1OC(C(NC(=O)C2CCCCCN2)C(C)C)C(O)C(O)C1O. The Labute approximate surface area is 153 Å². The van der Waals surface area contributed by atoms with Crippen molar-refractivity contribution < 1.29 is 24.9 Å². The number of thioether (sulfide) groups is 1. The first-order valence-electron chi connectivity index (χ1n) is 9.13. The molecule has 2 saturated heterocycles. The first kappa shape index (κ1) is 20.9. The minimum Gasteiger partial charge on any atom is -0.388 e. The Morgan fingerprint density at radius 2 is 1.88 bits per heavy atom. The van der Waals surface area contributed by atoms with Crippen LogP contribution < -0.4 is 10.6 Å². The third kappa shape index (κ3) is 5.08. The van der Waals surface area contributed by atoms with Crippen molar-refractivity contribution in [3.05, 3.63) is 0 Å². The van der Waals surface area contributed by atoms with Crippen molar-refractivity contribution in [1.82, 2.24) is 10.6 Å². The fourth-order valence-corrected chi connectivity index (χ4v) is 4.19. The molecule has 0 aromatic carbocycles. The standard InChI is InChI=1S/C17H32N2O5S/c1-9(2)11(19-16(23)10-7-5-4-6-8-18-10)15-13(21)12(20)14(22)17(24-15)25-3/h9-15,17-18,20-22H,4-8H2,1-3H3,(H,19,23). The van der Waals surface area contributed by atoms with Crippen molar-refractivity contribution >= 4 is 17.7 Å². The molecule has 0 bridgehead atoms. The molecule has 1 amide bonds. The monoisotopic (exact) mass is 376 g/mol. The number of carbonyl (C=O) groups excluding carboxylic acids is 1. The summed E-state index contributed by atoms with van der Waals surface area (Å²) < 4.78 is 5.83. The van der Waals surface area contributed by atoms with Crippen LogP contribution in [0.1, 0.15) is 39.5 Å². The second-order valence-corrected chi connectivity index (χ2v) is 8.25. The number of aliphatic hydroxyl groups excluding tert-OH is 3. The molecule has 2 aliphatic rings. The maximum atomic E-state index is 12.7. The fourth-order valence-electron chi connectivity index (χ4n) is 3.51. The summed E-state index contributed by atoms with van der Waals surface area (Å²) in [7, 11) is 0. The molecule has 0 aromatic rings. The van der Waals surface area contributed by atoms with Gasteiger partial charge in [-0.2, -0.15) is 0 Å². The smallest absolute Gasteiger partial charge is 0.237 e. The van der Waals surface area contributed by atoms with Crippen LogP contribution in [0.5, 0.6) is 0 Å². The van der Waals surface area contributed by atoms with Gasteiger partial charge in [0.05, 0.1) is 12.1 Å². The Bertz CT molecular complexity index is 429. The number of amides is 1. The van der Waals surface area contributed by atoms with E-state index >= 15 is 0 Å². The number of hydrogen-bond donors (Lipinski definition) is 5. The highest BCUT2D eigenvalue weighted by Gasteiger charge is 2.47. The molecule has 0 aliphatic carbocycles. The molecular weight excluding hydrogens is 344 g/mol. The van der Waals surface area contributed by atoms with Crippen molar-refractivity contribution in [3.8, 4) is 0 Å². The Morgan fingerprint density at radius 1 is 1.16 bits per heavy atom. The summed E-state index contributed by atoms with van der Waals surface area (Å²) in [6, 6.07) is -0.694. The largest absolute Gasteiger partial charge is 0.388 e. The van der Waals surface area contributed by atoms with E-state index in [1.807, 2.05) is 13.8 Å². The summed E-state index contributed by atoms with van der Waals surface area (Å²) >= 11 is 1.27. The number of rotatable bonds is 5. The maximum Gasteiger partial charge on any atom is 0.237 e. The maximum absolute atomic E-state index is 12.7. The van der Waals surface area contributed by atoms with E-state index in [0.29, 0.717) is 0 Å². The van der Waals surface area contributed by atoms with Crippen LogP contribution in [0.4, 0.5) is 0 Å². The lowest BCUT2D eigenvalue weighted by Gasteiger charge is -2.44. The summed E-state index contributed by atoms with van der Waals surface area (Å²) in [5.41, 5.74) is -0.641. The van der Waals surface area contributed by atoms with Gasteiger partial charge in [0.15, 0.2) is 0 Å². The molecule has 2 fully saturated rings. The predicted octanol–water partition coefficient (Wildman–Crippen LogP) is -0.170. The van der Waals surface area contributed by atoms with Gasteiger partial charge in [0, 0.05) is 0 Å². The Balaban J connectivity index is 2.09. The lowest BCUT2D eigenvalue weighted by Crippen LogP contribution is -2.64. The van der Waals surface area contributed by atoms with E-state index in [9.17, 15) is 20.1 Å². The van der Waals surface area contributed by atoms with Crippen molar-refractivity contribution in [2.75, 3.05) is 12.8 Å². The molecule has 25 heavy (non-hydrogen) atoms. The Morgan fingerprint density at radius 3 is 2.52 bits per heavy atom. The lowest BCUT2D eigenvalue weighted by atomic mass is 9.88. The Hall–Kier alpha value is -0.380. The van der Waals surface area contributed by atoms with E-state index in [1.165, 1.54) is 11.8 Å². The average molecular weight is 377 g/mol. The summed E-state index contributed by atoms with van der Waals surface area (Å²) in [6.45, 7) is 4.70. The quantitative estimate of drug-likeness (QED) is 0.453. The molecule has 7 unspecified atom stereocenters. The molecule has 5 N–H and O–H groups in total. The van der Waals surface area contributed by atoms with Crippen LogP contribution in [0.25, 0.3) is 0 Å². The zero-order valence-corrected chi connectivity index (χ0v) is 16.0. The fraction of sp³-hybridized carbons (Fsp3) is 0.941. The summed E-state index contributed by atoms with van der Waals surface area (Å²) in [5, 5.41) is 36.8. The van der Waals surface area contributed by atoms with E-state index in [0.717, 1.165) is 32.2 Å².